The van der Waals surface area contributed by atoms with Crippen LogP contribution < -0.4 is 11.1 Å². The van der Waals surface area contributed by atoms with Gasteiger partial charge in [-0.1, -0.05) is 18.2 Å². The number of nitrogens with one attached hydrogen (secondary N) is 1. The number of rotatable bonds is 3. The first-order chi connectivity index (χ1) is 8.16. The molecule has 0 aliphatic carbocycles. The largest absolute Gasteiger partial charge is 0.398 e. The molecule has 2 rings (SSSR count). The molecule has 0 atom stereocenters. The van der Waals surface area contributed by atoms with Crippen LogP contribution >= 0.6 is 11.3 Å². The van der Waals surface area contributed by atoms with Gasteiger partial charge in [0, 0.05) is 17.1 Å². The lowest BCUT2D eigenvalue weighted by atomic mass is 10.2. The monoisotopic (exact) mass is 246 g/mol. The minimum atomic E-state index is -0.0497. The Labute approximate surface area is 104 Å². The highest BCUT2D eigenvalue weighted by atomic mass is 32.1. The second-order valence-corrected chi connectivity index (χ2v) is 5.08. The number of nitrogen functional groups attached to an aromatic ring is 1. The molecule has 0 radical (unpaired) electrons. The molecule has 0 aliphatic heterocycles. The summed E-state index contributed by atoms with van der Waals surface area (Å²) in [5, 5.41) is 2.86. The van der Waals surface area contributed by atoms with Crippen molar-refractivity contribution in [1.82, 2.24) is 5.32 Å². The van der Waals surface area contributed by atoms with E-state index in [1.165, 1.54) is 11.3 Å². The fourth-order valence-corrected chi connectivity index (χ4v) is 2.30. The van der Waals surface area contributed by atoms with Crippen LogP contribution in [-0.2, 0) is 6.54 Å². The van der Waals surface area contributed by atoms with E-state index in [1.807, 2.05) is 43.3 Å². The van der Waals surface area contributed by atoms with Crippen LogP contribution in [0.1, 0.15) is 20.1 Å². The van der Waals surface area contributed by atoms with E-state index in [1.54, 1.807) is 0 Å². The molecule has 17 heavy (non-hydrogen) atoms. The van der Waals surface area contributed by atoms with Gasteiger partial charge in [-0.05, 0) is 30.7 Å². The van der Waals surface area contributed by atoms with Gasteiger partial charge in [0.05, 0.1) is 4.88 Å². The van der Waals surface area contributed by atoms with Crippen LogP contribution in [0.15, 0.2) is 36.4 Å². The fourth-order valence-electron chi connectivity index (χ4n) is 1.51. The van der Waals surface area contributed by atoms with Crippen molar-refractivity contribution in [1.29, 1.82) is 0 Å². The second kappa shape index (κ2) is 5.01. The van der Waals surface area contributed by atoms with E-state index in [-0.39, 0.29) is 5.91 Å². The van der Waals surface area contributed by atoms with Crippen LogP contribution in [0.2, 0.25) is 0 Å². The highest BCUT2D eigenvalue weighted by Gasteiger charge is 2.07. The number of amides is 1. The Bertz CT molecular complexity index is 534. The van der Waals surface area contributed by atoms with Gasteiger partial charge in [0.1, 0.15) is 0 Å². The standard InChI is InChI=1S/C13H14N2OS/c1-9-6-7-12(17-9)13(16)15-8-10-4-2-3-5-11(10)14/h2-7H,8,14H2,1H3,(H,15,16). The summed E-state index contributed by atoms with van der Waals surface area (Å²) in [6, 6.07) is 11.3. The predicted octanol–water partition coefficient (Wildman–Crippen LogP) is 2.57. The molecular weight excluding hydrogens is 232 g/mol. The van der Waals surface area contributed by atoms with Crippen molar-refractivity contribution < 1.29 is 4.79 Å². The number of anilines is 1. The lowest BCUT2D eigenvalue weighted by Crippen LogP contribution is -2.22. The average Bonchev–Trinajstić information content (AvgIpc) is 2.74. The third-order valence-electron chi connectivity index (χ3n) is 2.46. The molecule has 3 nitrogen and oxygen atoms in total. The minimum Gasteiger partial charge on any atom is -0.398 e. The summed E-state index contributed by atoms with van der Waals surface area (Å²) in [5.74, 6) is -0.0497. The Balaban J connectivity index is 1.99. The van der Waals surface area contributed by atoms with Gasteiger partial charge in [-0.25, -0.2) is 0 Å². The molecule has 88 valence electrons. The quantitative estimate of drug-likeness (QED) is 0.818. The smallest absolute Gasteiger partial charge is 0.261 e. The summed E-state index contributed by atoms with van der Waals surface area (Å²) in [4.78, 5) is 13.7. The maximum absolute atomic E-state index is 11.8. The van der Waals surface area contributed by atoms with E-state index >= 15 is 0 Å². The molecule has 0 fully saturated rings. The van der Waals surface area contributed by atoms with E-state index < -0.39 is 0 Å². The molecule has 0 bridgehead atoms. The number of hydrogen-bond donors (Lipinski definition) is 2. The van der Waals surface area contributed by atoms with Crippen molar-refractivity contribution in [3.63, 3.8) is 0 Å². The lowest BCUT2D eigenvalue weighted by Gasteiger charge is -2.06. The summed E-state index contributed by atoms with van der Waals surface area (Å²) in [5.41, 5.74) is 7.44. The van der Waals surface area contributed by atoms with Crippen LogP contribution in [-0.4, -0.2) is 5.91 Å². The van der Waals surface area contributed by atoms with Gasteiger partial charge in [-0.2, -0.15) is 0 Å². The van der Waals surface area contributed by atoms with Gasteiger partial charge in [0.15, 0.2) is 0 Å². The van der Waals surface area contributed by atoms with E-state index in [2.05, 4.69) is 5.32 Å². The molecule has 4 heteroatoms. The van der Waals surface area contributed by atoms with Gasteiger partial charge < -0.3 is 11.1 Å². The van der Waals surface area contributed by atoms with Gasteiger partial charge in [0.25, 0.3) is 5.91 Å². The fraction of sp³-hybridized carbons (Fsp3) is 0.154. The zero-order chi connectivity index (χ0) is 12.3. The zero-order valence-electron chi connectivity index (χ0n) is 9.57. The molecule has 1 heterocycles. The van der Waals surface area contributed by atoms with Crippen molar-refractivity contribution in [2.75, 3.05) is 5.73 Å². The third-order valence-corrected chi connectivity index (χ3v) is 3.46. The normalized spacial score (nSPS) is 10.2. The van der Waals surface area contributed by atoms with Crippen molar-refractivity contribution in [2.24, 2.45) is 0 Å². The predicted molar refractivity (Wildman–Crippen MR) is 71.1 cm³/mol. The minimum absolute atomic E-state index is 0.0497. The average molecular weight is 246 g/mol. The highest BCUT2D eigenvalue weighted by molar-refractivity contribution is 7.13. The molecule has 1 aromatic carbocycles. The van der Waals surface area contributed by atoms with E-state index in [0.29, 0.717) is 12.2 Å². The number of carbonyl (C=O) groups is 1. The molecule has 0 spiro atoms. The first kappa shape index (κ1) is 11.7. The highest BCUT2D eigenvalue weighted by Crippen LogP contribution is 2.15. The summed E-state index contributed by atoms with van der Waals surface area (Å²) in [6.07, 6.45) is 0. The summed E-state index contributed by atoms with van der Waals surface area (Å²) < 4.78 is 0. The molecule has 0 saturated carbocycles. The second-order valence-electron chi connectivity index (χ2n) is 3.79. The number of hydrogen-bond acceptors (Lipinski definition) is 3. The Morgan fingerprint density at radius 3 is 2.71 bits per heavy atom. The topological polar surface area (TPSA) is 55.1 Å². The Morgan fingerprint density at radius 1 is 1.29 bits per heavy atom. The molecule has 0 saturated heterocycles. The van der Waals surface area contributed by atoms with E-state index in [9.17, 15) is 4.79 Å². The number of nitrogens with two attached hydrogens (primary N) is 1. The van der Waals surface area contributed by atoms with Crippen LogP contribution in [0.5, 0.6) is 0 Å². The summed E-state index contributed by atoms with van der Waals surface area (Å²) in [6.45, 7) is 2.44. The van der Waals surface area contributed by atoms with Crippen molar-refractivity contribution in [2.45, 2.75) is 13.5 Å². The number of aryl methyl sites for hydroxylation is 1. The molecule has 2 aromatic rings. The SMILES string of the molecule is Cc1ccc(C(=O)NCc2ccccc2N)s1. The van der Waals surface area contributed by atoms with Crippen molar-refractivity contribution >= 4 is 22.9 Å². The van der Waals surface area contributed by atoms with Gasteiger partial charge in [-0.3, -0.25) is 4.79 Å². The Hall–Kier alpha value is -1.81. The molecular formula is C13H14N2OS. The van der Waals surface area contributed by atoms with Crippen LogP contribution in [0, 0.1) is 6.92 Å². The number of thiophene rings is 1. The van der Waals surface area contributed by atoms with E-state index in [4.69, 9.17) is 5.73 Å². The Kier molecular flexibility index (Phi) is 3.44. The maximum Gasteiger partial charge on any atom is 0.261 e. The maximum atomic E-state index is 11.8. The zero-order valence-corrected chi connectivity index (χ0v) is 10.4. The number of carbonyl (C=O) groups excluding carboxylic acids is 1. The van der Waals surface area contributed by atoms with Crippen LogP contribution in [0.4, 0.5) is 5.69 Å². The summed E-state index contributed by atoms with van der Waals surface area (Å²) in [7, 11) is 0. The van der Waals surface area contributed by atoms with Crippen LogP contribution in [0.25, 0.3) is 0 Å². The van der Waals surface area contributed by atoms with Crippen molar-refractivity contribution in [3.05, 3.63) is 51.7 Å². The lowest BCUT2D eigenvalue weighted by molar-refractivity contribution is 0.0955. The molecule has 1 aromatic heterocycles. The van der Waals surface area contributed by atoms with Crippen LogP contribution in [0.3, 0.4) is 0 Å². The van der Waals surface area contributed by atoms with Crippen molar-refractivity contribution in [3.8, 4) is 0 Å². The molecule has 1 amide bonds. The molecule has 0 unspecified atom stereocenters. The first-order valence-corrected chi connectivity index (χ1v) is 6.16. The summed E-state index contributed by atoms with van der Waals surface area (Å²) >= 11 is 1.49. The molecule has 0 aliphatic rings. The molecule has 3 N–H and O–H groups in total. The Morgan fingerprint density at radius 2 is 2.06 bits per heavy atom. The van der Waals surface area contributed by atoms with E-state index in [0.717, 1.165) is 15.3 Å². The third kappa shape index (κ3) is 2.85. The first-order valence-electron chi connectivity index (χ1n) is 5.35. The van der Waals surface area contributed by atoms with Gasteiger partial charge >= 0.3 is 0 Å². The number of para-hydroxylation sites is 1. The number of benzene rings is 1. The van der Waals surface area contributed by atoms with Gasteiger partial charge in [0.2, 0.25) is 0 Å². The van der Waals surface area contributed by atoms with Gasteiger partial charge in [-0.15, -0.1) is 11.3 Å².